The van der Waals surface area contributed by atoms with Crippen LogP contribution in [-0.2, 0) is 5.41 Å². The van der Waals surface area contributed by atoms with Crippen molar-refractivity contribution in [1.29, 1.82) is 0 Å². The van der Waals surface area contributed by atoms with Gasteiger partial charge in [0.1, 0.15) is 0 Å². The van der Waals surface area contributed by atoms with Crippen LogP contribution in [-0.4, -0.2) is 0 Å². The third-order valence-corrected chi connectivity index (χ3v) is 2.73. The summed E-state index contributed by atoms with van der Waals surface area (Å²) in [5.74, 6) is 0. The van der Waals surface area contributed by atoms with Crippen molar-refractivity contribution in [3.05, 3.63) is 66.3 Å². The predicted octanol–water partition coefficient (Wildman–Crippen LogP) is 5.13. The summed E-state index contributed by atoms with van der Waals surface area (Å²) in [7, 11) is 0. The van der Waals surface area contributed by atoms with Gasteiger partial charge in [0, 0.05) is 0 Å². The van der Waals surface area contributed by atoms with Crippen LogP contribution in [0.3, 0.4) is 0 Å². The topological polar surface area (TPSA) is 0 Å². The lowest BCUT2D eigenvalue weighted by atomic mass is 9.81. The molecule has 0 fully saturated rings. The number of benzene rings is 1. The smallest absolute Gasteiger partial charge is 0.0126 e. The number of rotatable bonds is 3. The van der Waals surface area contributed by atoms with E-state index in [-0.39, 0.29) is 5.41 Å². The van der Waals surface area contributed by atoms with Gasteiger partial charge in [-0.05, 0) is 29.0 Å². The van der Waals surface area contributed by atoms with Crippen LogP contribution < -0.4 is 0 Å². The fourth-order valence-corrected chi connectivity index (χ4v) is 1.86. The van der Waals surface area contributed by atoms with E-state index in [0.717, 1.165) is 0 Å². The van der Waals surface area contributed by atoms with E-state index in [0.29, 0.717) is 0 Å². The highest BCUT2D eigenvalue weighted by Crippen LogP contribution is 2.30. The zero-order valence-corrected chi connectivity index (χ0v) is 11.3. The second kappa shape index (κ2) is 5.67. The molecule has 0 spiro atoms. The summed E-state index contributed by atoms with van der Waals surface area (Å²) in [4.78, 5) is 0. The lowest BCUT2D eigenvalue weighted by Crippen LogP contribution is -2.13. The minimum atomic E-state index is 0.147. The van der Waals surface area contributed by atoms with Gasteiger partial charge in [-0.3, -0.25) is 0 Å². The van der Waals surface area contributed by atoms with Crippen LogP contribution in [0.4, 0.5) is 0 Å². The Balaban J connectivity index is 3.35. The van der Waals surface area contributed by atoms with Gasteiger partial charge in [0.15, 0.2) is 0 Å². The average molecular weight is 226 g/mol. The molecule has 17 heavy (non-hydrogen) atoms. The highest BCUT2D eigenvalue weighted by molar-refractivity contribution is 5.77. The molecule has 1 rings (SSSR count). The Bertz CT molecular complexity index is 439. The average Bonchev–Trinajstić information content (AvgIpc) is 2.29. The van der Waals surface area contributed by atoms with Crippen molar-refractivity contribution in [2.45, 2.75) is 33.1 Å². The van der Waals surface area contributed by atoms with Crippen LogP contribution in [0.2, 0.25) is 0 Å². The second-order valence-electron chi connectivity index (χ2n) is 5.15. The fraction of sp³-hybridized carbons (Fsp3) is 0.294. The first-order valence-electron chi connectivity index (χ1n) is 6.06. The minimum Gasteiger partial charge on any atom is -0.0984 e. The minimum absolute atomic E-state index is 0.147. The predicted molar refractivity (Wildman–Crippen MR) is 78.1 cm³/mol. The van der Waals surface area contributed by atoms with E-state index < -0.39 is 0 Å². The fourth-order valence-electron chi connectivity index (χ4n) is 1.86. The zero-order chi connectivity index (χ0) is 12.9. The summed E-state index contributed by atoms with van der Waals surface area (Å²) in [6.07, 6.45) is 8.11. The van der Waals surface area contributed by atoms with E-state index in [1.54, 1.807) is 0 Å². The van der Waals surface area contributed by atoms with Gasteiger partial charge < -0.3 is 0 Å². The van der Waals surface area contributed by atoms with Gasteiger partial charge in [0.2, 0.25) is 0 Å². The van der Waals surface area contributed by atoms with Gasteiger partial charge in [-0.25, -0.2) is 0 Å². The normalized spacial score (nSPS) is 13.1. The van der Waals surface area contributed by atoms with Crippen LogP contribution >= 0.6 is 0 Å². The van der Waals surface area contributed by atoms with Crippen LogP contribution in [0.15, 0.2) is 55.1 Å². The quantitative estimate of drug-likeness (QED) is 0.627. The molecule has 0 nitrogen and oxygen atoms in total. The Morgan fingerprint density at radius 3 is 2.35 bits per heavy atom. The zero-order valence-electron chi connectivity index (χ0n) is 11.3. The first kappa shape index (κ1) is 13.5. The van der Waals surface area contributed by atoms with Crippen molar-refractivity contribution < 1.29 is 0 Å². The number of hydrogen-bond acceptors (Lipinski definition) is 0. The third-order valence-electron chi connectivity index (χ3n) is 2.73. The van der Waals surface area contributed by atoms with E-state index in [1.165, 1.54) is 16.7 Å². The molecule has 0 saturated carbocycles. The van der Waals surface area contributed by atoms with Crippen LogP contribution in [0.5, 0.6) is 0 Å². The summed E-state index contributed by atoms with van der Waals surface area (Å²) < 4.78 is 0. The molecule has 0 atom stereocenters. The molecular formula is C17H22. The van der Waals surface area contributed by atoms with Crippen molar-refractivity contribution in [2.75, 3.05) is 0 Å². The SMILES string of the molecule is C=C/C(=C\C=C/C)c1ccccc1C(C)(C)C. The van der Waals surface area contributed by atoms with Gasteiger partial charge in [-0.15, -0.1) is 0 Å². The number of allylic oxidation sites excluding steroid dienone is 5. The molecule has 1 aromatic rings. The summed E-state index contributed by atoms with van der Waals surface area (Å²) in [6.45, 7) is 12.6. The lowest BCUT2D eigenvalue weighted by molar-refractivity contribution is 0.589. The van der Waals surface area contributed by atoms with E-state index in [2.05, 4.69) is 63.8 Å². The molecule has 0 amide bonds. The molecule has 0 aromatic heterocycles. The van der Waals surface area contributed by atoms with Crippen molar-refractivity contribution in [3.63, 3.8) is 0 Å². The Labute approximate surface area is 105 Å². The summed E-state index contributed by atoms with van der Waals surface area (Å²) in [5, 5.41) is 0. The third kappa shape index (κ3) is 3.45. The molecule has 0 N–H and O–H groups in total. The van der Waals surface area contributed by atoms with Crippen LogP contribution in [0, 0.1) is 0 Å². The van der Waals surface area contributed by atoms with Gasteiger partial charge in [0.05, 0.1) is 0 Å². The maximum absolute atomic E-state index is 3.91. The van der Waals surface area contributed by atoms with Crippen molar-refractivity contribution in [2.24, 2.45) is 0 Å². The highest BCUT2D eigenvalue weighted by Gasteiger charge is 2.17. The van der Waals surface area contributed by atoms with Crippen LogP contribution in [0.25, 0.3) is 5.57 Å². The van der Waals surface area contributed by atoms with Gasteiger partial charge >= 0.3 is 0 Å². The molecular weight excluding hydrogens is 204 g/mol. The van der Waals surface area contributed by atoms with Crippen molar-refractivity contribution in [3.8, 4) is 0 Å². The molecule has 0 radical (unpaired) electrons. The van der Waals surface area contributed by atoms with E-state index in [1.807, 2.05) is 19.1 Å². The van der Waals surface area contributed by atoms with Crippen LogP contribution in [0.1, 0.15) is 38.8 Å². The molecule has 0 unspecified atom stereocenters. The monoisotopic (exact) mass is 226 g/mol. The standard InChI is InChI=1S/C17H22/c1-6-8-11-14(7-2)15-12-9-10-13-16(15)17(3,4)5/h6-13H,2H2,1,3-5H3/b8-6-,14-11+. The molecule has 1 aromatic carbocycles. The maximum atomic E-state index is 3.91. The molecule has 0 heterocycles. The summed E-state index contributed by atoms with van der Waals surface area (Å²) in [6, 6.07) is 8.54. The van der Waals surface area contributed by atoms with E-state index in [9.17, 15) is 0 Å². The first-order chi connectivity index (χ1) is 8.00. The molecule has 0 aliphatic carbocycles. The Hall–Kier alpha value is -1.56. The molecule has 0 aliphatic heterocycles. The molecule has 0 heteroatoms. The van der Waals surface area contributed by atoms with Gasteiger partial charge in [-0.2, -0.15) is 0 Å². The first-order valence-corrected chi connectivity index (χ1v) is 6.06. The second-order valence-corrected chi connectivity index (χ2v) is 5.15. The molecule has 0 saturated heterocycles. The van der Waals surface area contributed by atoms with E-state index in [4.69, 9.17) is 0 Å². The van der Waals surface area contributed by atoms with Crippen molar-refractivity contribution >= 4 is 5.57 Å². The van der Waals surface area contributed by atoms with Gasteiger partial charge in [0.25, 0.3) is 0 Å². The molecule has 0 aliphatic rings. The summed E-state index contributed by atoms with van der Waals surface area (Å²) in [5.41, 5.74) is 3.95. The highest BCUT2D eigenvalue weighted by atomic mass is 14.2. The van der Waals surface area contributed by atoms with Gasteiger partial charge in [-0.1, -0.05) is 75.9 Å². The number of hydrogen-bond donors (Lipinski definition) is 0. The maximum Gasteiger partial charge on any atom is -0.0126 e. The molecule has 0 bridgehead atoms. The lowest BCUT2D eigenvalue weighted by Gasteiger charge is -2.23. The Morgan fingerprint density at radius 1 is 1.18 bits per heavy atom. The largest absolute Gasteiger partial charge is 0.0984 e. The summed E-state index contributed by atoms with van der Waals surface area (Å²) >= 11 is 0. The van der Waals surface area contributed by atoms with E-state index >= 15 is 0 Å². The van der Waals surface area contributed by atoms with Crippen molar-refractivity contribution in [1.82, 2.24) is 0 Å². The Morgan fingerprint density at radius 2 is 1.82 bits per heavy atom. The Kier molecular flexibility index (Phi) is 4.51. The molecule has 90 valence electrons.